The van der Waals surface area contributed by atoms with Crippen LogP contribution in [-0.2, 0) is 0 Å². The highest BCUT2D eigenvalue weighted by molar-refractivity contribution is 4.74. The van der Waals surface area contributed by atoms with Crippen LogP contribution >= 0.6 is 0 Å². The second-order valence-electron chi connectivity index (χ2n) is 4.12. The minimum absolute atomic E-state index is 0.184. The van der Waals surface area contributed by atoms with Crippen LogP contribution < -0.4 is 0 Å². The summed E-state index contributed by atoms with van der Waals surface area (Å²) in [5.41, 5.74) is -1.58. The van der Waals surface area contributed by atoms with Gasteiger partial charge in [-0.05, 0) is 27.7 Å². The summed E-state index contributed by atoms with van der Waals surface area (Å²) in [7, 11) is 0. The zero-order valence-electron chi connectivity index (χ0n) is 9.02. The van der Waals surface area contributed by atoms with Crippen LogP contribution in [-0.4, -0.2) is 34.5 Å². The van der Waals surface area contributed by atoms with Gasteiger partial charge in [0.25, 0.3) is 0 Å². The highest BCUT2D eigenvalue weighted by Gasteiger charge is 2.15. The van der Waals surface area contributed by atoms with Crippen molar-refractivity contribution in [2.45, 2.75) is 38.8 Å². The third-order valence-electron chi connectivity index (χ3n) is 1.27. The second-order valence-corrected chi connectivity index (χ2v) is 4.12. The van der Waals surface area contributed by atoms with Gasteiger partial charge in [-0.3, -0.25) is 0 Å². The smallest absolute Gasteiger partial charge is 0.120 e. The van der Waals surface area contributed by atoms with E-state index in [-0.39, 0.29) is 13.2 Å². The maximum atomic E-state index is 9.65. The molecule has 0 heterocycles. The molecule has 0 fully saturated rings. The number of rotatable bonds is 4. The number of aliphatic hydroxyl groups excluding tert-OH is 2. The Morgan fingerprint density at radius 2 is 1.07 bits per heavy atom. The molecule has 0 aliphatic heterocycles. The summed E-state index contributed by atoms with van der Waals surface area (Å²) >= 11 is 0. The molecule has 0 aliphatic carbocycles. The lowest BCUT2D eigenvalue weighted by atomic mass is 10.1. The summed E-state index contributed by atoms with van der Waals surface area (Å²) in [6.45, 7) is 5.91. The van der Waals surface area contributed by atoms with E-state index >= 15 is 0 Å². The van der Waals surface area contributed by atoms with Gasteiger partial charge in [0.2, 0.25) is 0 Å². The van der Waals surface area contributed by atoms with Crippen molar-refractivity contribution in [1.29, 1.82) is 0 Å². The van der Waals surface area contributed by atoms with Gasteiger partial charge in [0, 0.05) is 0 Å². The fourth-order valence-corrected chi connectivity index (χ4v) is 0.0577. The molecule has 6 nitrogen and oxygen atoms in total. The summed E-state index contributed by atoms with van der Waals surface area (Å²) in [5, 5.41) is 21.9. The van der Waals surface area contributed by atoms with Gasteiger partial charge in [-0.1, -0.05) is 10.4 Å². The lowest BCUT2D eigenvalue weighted by molar-refractivity contribution is 0.221. The minimum Gasteiger partial charge on any atom is -0.394 e. The third-order valence-corrected chi connectivity index (χ3v) is 1.27. The van der Waals surface area contributed by atoms with Gasteiger partial charge in [0.05, 0.1) is 13.2 Å². The number of nitrogens with zero attached hydrogens (tertiary/aromatic N) is 2. The first kappa shape index (κ1) is 15.6. The zero-order valence-corrected chi connectivity index (χ0v) is 9.02. The van der Waals surface area contributed by atoms with Gasteiger partial charge in [-0.2, -0.15) is 9.81 Å². The first-order valence-corrected chi connectivity index (χ1v) is 4.15. The van der Waals surface area contributed by atoms with Crippen LogP contribution in [0.2, 0.25) is 0 Å². The van der Waals surface area contributed by atoms with Crippen LogP contribution in [0.15, 0.2) is 10.4 Å². The molecule has 0 amide bonds. The Hall–Kier alpha value is -0.880. The molecule has 6 heteroatoms. The Bertz CT molecular complexity index is 160. The lowest BCUT2D eigenvalue weighted by Crippen LogP contribution is -2.20. The van der Waals surface area contributed by atoms with Crippen molar-refractivity contribution in [3.8, 4) is 0 Å². The fourth-order valence-electron chi connectivity index (χ4n) is 0.0577. The molecule has 0 atom stereocenters. The molecule has 0 rings (SSSR count). The topological polar surface area (TPSA) is 99.3 Å². The molecule has 0 aromatic rings. The van der Waals surface area contributed by atoms with Crippen LogP contribution in [0, 0.1) is 9.81 Å². The Balaban J connectivity index is 0. The van der Waals surface area contributed by atoms with Gasteiger partial charge < -0.3 is 10.2 Å². The molecule has 0 aromatic carbocycles. The number of aliphatic hydroxyl groups is 2. The normalized spacial score (nSPS) is 11.3. The molecule has 0 unspecified atom stereocenters. The molecule has 0 aliphatic rings. The van der Waals surface area contributed by atoms with Crippen LogP contribution in [0.3, 0.4) is 0 Å². The van der Waals surface area contributed by atoms with E-state index in [0.717, 1.165) is 0 Å². The molecule has 84 valence electrons. The highest BCUT2D eigenvalue weighted by atomic mass is 16.3. The van der Waals surface area contributed by atoms with Gasteiger partial charge in [0.15, 0.2) is 0 Å². The maximum Gasteiger partial charge on any atom is 0.120 e. The van der Waals surface area contributed by atoms with Crippen molar-refractivity contribution in [2.75, 3.05) is 13.2 Å². The van der Waals surface area contributed by atoms with Gasteiger partial charge in [-0.15, -0.1) is 0 Å². The van der Waals surface area contributed by atoms with Crippen molar-refractivity contribution < 1.29 is 10.2 Å². The average molecular weight is 206 g/mol. The van der Waals surface area contributed by atoms with Crippen LogP contribution in [0.5, 0.6) is 0 Å². The van der Waals surface area contributed by atoms with Gasteiger partial charge >= 0.3 is 0 Å². The van der Waals surface area contributed by atoms with E-state index in [0.29, 0.717) is 0 Å². The Morgan fingerprint density at radius 3 is 1.07 bits per heavy atom. The first-order chi connectivity index (χ1) is 6.24. The van der Waals surface area contributed by atoms with Crippen molar-refractivity contribution >= 4 is 0 Å². The number of hydrogen-bond acceptors (Lipinski definition) is 6. The average Bonchev–Trinajstić information content (AvgIpc) is 2.19. The Labute approximate surface area is 83.3 Å². The van der Waals surface area contributed by atoms with Crippen LogP contribution in [0.25, 0.3) is 0 Å². The van der Waals surface area contributed by atoms with Crippen molar-refractivity contribution in [3.05, 3.63) is 9.81 Å². The van der Waals surface area contributed by atoms with E-state index in [9.17, 15) is 9.81 Å². The van der Waals surface area contributed by atoms with Crippen LogP contribution in [0.4, 0.5) is 0 Å². The largest absolute Gasteiger partial charge is 0.394 e. The molecular weight excluding hydrogens is 188 g/mol. The summed E-state index contributed by atoms with van der Waals surface area (Å²) < 4.78 is 0. The predicted octanol–water partition coefficient (Wildman–Crippen LogP) is 1.05. The zero-order chi connectivity index (χ0) is 11.8. The monoisotopic (exact) mass is 206 g/mol. The van der Waals surface area contributed by atoms with E-state index in [1.807, 2.05) is 0 Å². The Kier molecular flexibility index (Phi) is 7.30. The Morgan fingerprint density at radius 1 is 0.857 bits per heavy atom. The quantitative estimate of drug-likeness (QED) is 0.671. The minimum atomic E-state index is -0.792. The molecule has 0 radical (unpaired) electrons. The van der Waals surface area contributed by atoms with Crippen LogP contribution in [0.1, 0.15) is 27.7 Å². The van der Waals surface area contributed by atoms with Crippen molar-refractivity contribution in [1.82, 2.24) is 0 Å². The third kappa shape index (κ3) is 9.21. The second kappa shape index (κ2) is 6.56. The summed E-state index contributed by atoms with van der Waals surface area (Å²) in [5.74, 6) is 0. The molecule has 0 saturated heterocycles. The van der Waals surface area contributed by atoms with Crippen molar-refractivity contribution in [2.24, 2.45) is 10.4 Å². The molecule has 14 heavy (non-hydrogen) atoms. The SMILES string of the molecule is CC(C)(CO)N=O.CC(C)(CO)N=O. The van der Waals surface area contributed by atoms with E-state index < -0.39 is 11.1 Å². The molecular formula is C8H18N2O4. The summed E-state index contributed by atoms with van der Waals surface area (Å²) in [6, 6.07) is 0. The molecule has 0 aromatic heterocycles. The molecule has 0 saturated carbocycles. The molecule has 2 N–H and O–H groups in total. The van der Waals surface area contributed by atoms with Crippen molar-refractivity contribution in [3.63, 3.8) is 0 Å². The molecule has 0 spiro atoms. The maximum absolute atomic E-state index is 9.65. The number of hydrogen-bond donors (Lipinski definition) is 2. The number of nitroso groups, excluding NO2 is 2. The first-order valence-electron chi connectivity index (χ1n) is 4.15. The van der Waals surface area contributed by atoms with E-state index in [1.165, 1.54) is 0 Å². The van der Waals surface area contributed by atoms with E-state index in [1.54, 1.807) is 27.7 Å². The van der Waals surface area contributed by atoms with E-state index in [2.05, 4.69) is 10.4 Å². The fraction of sp³-hybridized carbons (Fsp3) is 1.00. The molecule has 0 bridgehead atoms. The van der Waals surface area contributed by atoms with Gasteiger partial charge in [-0.25, -0.2) is 0 Å². The van der Waals surface area contributed by atoms with Gasteiger partial charge in [0.1, 0.15) is 11.1 Å². The lowest BCUT2D eigenvalue weighted by Gasteiger charge is -2.07. The summed E-state index contributed by atoms with van der Waals surface area (Å²) in [4.78, 5) is 19.3. The standard InChI is InChI=1S/2C4H9NO2/c2*1-4(2,3-6)5-7/h2*6H,3H2,1-2H3. The van der Waals surface area contributed by atoms with E-state index in [4.69, 9.17) is 10.2 Å². The predicted molar refractivity (Wildman–Crippen MR) is 53.9 cm³/mol. The highest BCUT2D eigenvalue weighted by Crippen LogP contribution is 2.04. The summed E-state index contributed by atoms with van der Waals surface area (Å²) in [6.07, 6.45) is 0.